The number of hydrogen-bond acceptors (Lipinski definition) is 4. The van der Waals surface area contributed by atoms with Gasteiger partial charge in [0.2, 0.25) is 0 Å². The van der Waals surface area contributed by atoms with E-state index in [1.165, 1.54) is 10.9 Å². The number of pyridine rings is 1. The predicted octanol–water partition coefficient (Wildman–Crippen LogP) is 1.16. The molecule has 0 saturated heterocycles. The summed E-state index contributed by atoms with van der Waals surface area (Å²) in [5, 5.41) is 12.9. The van der Waals surface area contributed by atoms with Gasteiger partial charge in [0, 0.05) is 11.4 Å². The van der Waals surface area contributed by atoms with Crippen LogP contribution in [0.25, 0.3) is 5.69 Å². The van der Waals surface area contributed by atoms with Gasteiger partial charge < -0.3 is 10.8 Å². The lowest BCUT2D eigenvalue weighted by atomic mass is 10.2. The van der Waals surface area contributed by atoms with Crippen molar-refractivity contribution in [1.82, 2.24) is 14.8 Å². The second-order valence-corrected chi connectivity index (χ2v) is 3.77. The van der Waals surface area contributed by atoms with Crippen molar-refractivity contribution >= 4 is 11.8 Å². The highest BCUT2D eigenvalue weighted by Crippen LogP contribution is 2.18. The first kappa shape index (κ1) is 11.1. The molecular weight excluding hydrogens is 220 g/mol. The minimum atomic E-state index is -1.09. The number of anilines is 1. The van der Waals surface area contributed by atoms with Gasteiger partial charge in [0.15, 0.2) is 0 Å². The van der Waals surface area contributed by atoms with Gasteiger partial charge in [-0.05, 0) is 26.0 Å². The summed E-state index contributed by atoms with van der Waals surface area (Å²) in [5.41, 5.74) is 8.09. The zero-order valence-electron chi connectivity index (χ0n) is 9.51. The average molecular weight is 232 g/mol. The maximum Gasteiger partial charge on any atom is 0.341 e. The molecule has 0 aliphatic heterocycles. The Kier molecular flexibility index (Phi) is 2.55. The van der Waals surface area contributed by atoms with Crippen molar-refractivity contribution < 1.29 is 9.90 Å². The Labute approximate surface area is 97.7 Å². The number of aryl methyl sites for hydroxylation is 2. The molecule has 0 aliphatic carbocycles. The molecular formula is C11H12N4O2. The molecule has 0 unspecified atom stereocenters. The Balaban J connectivity index is 2.57. The number of hydrogen-bond donors (Lipinski definition) is 2. The van der Waals surface area contributed by atoms with Crippen LogP contribution in [0.1, 0.15) is 21.7 Å². The van der Waals surface area contributed by atoms with E-state index in [0.717, 1.165) is 11.4 Å². The molecule has 2 aromatic heterocycles. The molecule has 88 valence electrons. The predicted molar refractivity (Wildman–Crippen MR) is 62.2 cm³/mol. The Hall–Kier alpha value is -2.37. The molecule has 0 aliphatic rings. The van der Waals surface area contributed by atoms with Crippen LogP contribution in [0.4, 0.5) is 5.82 Å². The molecule has 6 heteroatoms. The first-order valence-electron chi connectivity index (χ1n) is 5.01. The van der Waals surface area contributed by atoms with Crippen molar-refractivity contribution in [1.29, 1.82) is 0 Å². The molecule has 0 spiro atoms. The Bertz CT molecular complexity index is 569. The molecule has 0 fully saturated rings. The number of nitrogens with zero attached hydrogens (tertiary/aromatic N) is 3. The molecule has 0 atom stereocenters. The van der Waals surface area contributed by atoms with Gasteiger partial charge in [-0.2, -0.15) is 5.10 Å². The number of nitrogen functional groups attached to an aromatic ring is 1. The monoisotopic (exact) mass is 232 g/mol. The van der Waals surface area contributed by atoms with E-state index in [2.05, 4.69) is 10.1 Å². The number of carboxylic acids is 1. The maximum atomic E-state index is 10.9. The van der Waals surface area contributed by atoms with Crippen LogP contribution in [-0.4, -0.2) is 25.8 Å². The Morgan fingerprint density at radius 3 is 2.41 bits per heavy atom. The lowest BCUT2D eigenvalue weighted by Crippen LogP contribution is -2.06. The van der Waals surface area contributed by atoms with E-state index in [1.807, 2.05) is 13.8 Å². The molecule has 17 heavy (non-hydrogen) atoms. The highest BCUT2D eigenvalue weighted by molar-refractivity contribution is 5.92. The topological polar surface area (TPSA) is 94.0 Å². The van der Waals surface area contributed by atoms with E-state index in [9.17, 15) is 4.79 Å². The van der Waals surface area contributed by atoms with Gasteiger partial charge in [-0.15, -0.1) is 0 Å². The minimum absolute atomic E-state index is 0.00267. The second kappa shape index (κ2) is 3.89. The van der Waals surface area contributed by atoms with Crippen LogP contribution in [0.2, 0.25) is 0 Å². The first-order chi connectivity index (χ1) is 7.99. The van der Waals surface area contributed by atoms with Crippen LogP contribution in [0.15, 0.2) is 18.3 Å². The van der Waals surface area contributed by atoms with Gasteiger partial charge in [0.05, 0.1) is 11.9 Å². The van der Waals surface area contributed by atoms with Crippen LogP contribution in [0.3, 0.4) is 0 Å². The molecule has 0 bridgehead atoms. The standard InChI is InChI=1S/C11H12N4O2/c1-6-3-8(4-7(2)14-6)15-10(12)9(5-13-15)11(16)17/h3-5H,12H2,1-2H3,(H,16,17). The van der Waals surface area contributed by atoms with Crippen LogP contribution >= 0.6 is 0 Å². The van der Waals surface area contributed by atoms with Gasteiger partial charge >= 0.3 is 5.97 Å². The fourth-order valence-corrected chi connectivity index (χ4v) is 1.66. The van der Waals surface area contributed by atoms with Crippen molar-refractivity contribution in [2.75, 3.05) is 5.73 Å². The summed E-state index contributed by atoms with van der Waals surface area (Å²) in [7, 11) is 0. The number of aromatic nitrogens is 3. The van der Waals surface area contributed by atoms with Gasteiger partial charge in [-0.3, -0.25) is 4.98 Å². The largest absolute Gasteiger partial charge is 0.477 e. The number of nitrogens with two attached hydrogens (primary N) is 1. The number of aromatic carboxylic acids is 1. The number of carbonyl (C=O) groups is 1. The second-order valence-electron chi connectivity index (χ2n) is 3.77. The van der Waals surface area contributed by atoms with E-state index in [1.54, 1.807) is 12.1 Å². The van der Waals surface area contributed by atoms with E-state index in [4.69, 9.17) is 10.8 Å². The summed E-state index contributed by atoms with van der Waals surface area (Å²) in [6.45, 7) is 3.71. The van der Waals surface area contributed by atoms with E-state index in [0.29, 0.717) is 5.69 Å². The van der Waals surface area contributed by atoms with E-state index in [-0.39, 0.29) is 11.4 Å². The zero-order chi connectivity index (χ0) is 12.6. The molecule has 2 rings (SSSR count). The summed E-state index contributed by atoms with van der Waals surface area (Å²) < 4.78 is 1.39. The molecule has 2 aromatic rings. The average Bonchev–Trinajstić information content (AvgIpc) is 2.58. The highest BCUT2D eigenvalue weighted by atomic mass is 16.4. The highest BCUT2D eigenvalue weighted by Gasteiger charge is 2.15. The fraction of sp³-hybridized carbons (Fsp3) is 0.182. The van der Waals surface area contributed by atoms with Crippen LogP contribution in [-0.2, 0) is 0 Å². The van der Waals surface area contributed by atoms with Crippen molar-refractivity contribution in [3.63, 3.8) is 0 Å². The third-order valence-electron chi connectivity index (χ3n) is 2.35. The van der Waals surface area contributed by atoms with Crippen molar-refractivity contribution in [3.8, 4) is 5.69 Å². The number of carboxylic acid groups (broad SMARTS) is 1. The quantitative estimate of drug-likeness (QED) is 0.810. The van der Waals surface area contributed by atoms with Crippen LogP contribution in [0, 0.1) is 13.8 Å². The Morgan fingerprint density at radius 2 is 1.94 bits per heavy atom. The summed E-state index contributed by atoms with van der Waals surface area (Å²) in [6, 6.07) is 3.59. The van der Waals surface area contributed by atoms with Crippen LogP contribution < -0.4 is 5.73 Å². The van der Waals surface area contributed by atoms with Gasteiger partial charge in [-0.1, -0.05) is 0 Å². The minimum Gasteiger partial charge on any atom is -0.477 e. The summed E-state index contributed by atoms with van der Waals surface area (Å²) in [5.74, 6) is -0.973. The number of rotatable bonds is 2. The summed E-state index contributed by atoms with van der Waals surface area (Å²) in [4.78, 5) is 15.1. The molecule has 6 nitrogen and oxygen atoms in total. The lowest BCUT2D eigenvalue weighted by molar-refractivity contribution is 0.0698. The summed E-state index contributed by atoms with van der Waals surface area (Å²) in [6.07, 6.45) is 1.24. The normalized spacial score (nSPS) is 10.5. The van der Waals surface area contributed by atoms with Gasteiger partial charge in [-0.25, -0.2) is 9.48 Å². The molecule has 0 saturated carbocycles. The Morgan fingerprint density at radius 1 is 1.35 bits per heavy atom. The van der Waals surface area contributed by atoms with E-state index >= 15 is 0 Å². The zero-order valence-corrected chi connectivity index (χ0v) is 9.51. The van der Waals surface area contributed by atoms with Gasteiger partial charge in [0.1, 0.15) is 11.4 Å². The third-order valence-corrected chi connectivity index (χ3v) is 2.35. The van der Waals surface area contributed by atoms with Crippen molar-refractivity contribution in [3.05, 3.63) is 35.3 Å². The molecule has 0 amide bonds. The van der Waals surface area contributed by atoms with Gasteiger partial charge in [0.25, 0.3) is 0 Å². The lowest BCUT2D eigenvalue weighted by Gasteiger charge is -2.06. The van der Waals surface area contributed by atoms with Crippen molar-refractivity contribution in [2.24, 2.45) is 0 Å². The molecule has 0 aromatic carbocycles. The fourth-order valence-electron chi connectivity index (χ4n) is 1.66. The van der Waals surface area contributed by atoms with Crippen molar-refractivity contribution in [2.45, 2.75) is 13.8 Å². The maximum absolute atomic E-state index is 10.9. The SMILES string of the molecule is Cc1cc(-n2ncc(C(=O)O)c2N)cc(C)n1. The molecule has 0 radical (unpaired) electrons. The third kappa shape index (κ3) is 1.96. The molecule has 3 N–H and O–H groups in total. The summed E-state index contributed by atoms with van der Waals surface area (Å²) >= 11 is 0. The first-order valence-corrected chi connectivity index (χ1v) is 5.01. The van der Waals surface area contributed by atoms with Crippen LogP contribution in [0.5, 0.6) is 0 Å². The smallest absolute Gasteiger partial charge is 0.341 e. The van der Waals surface area contributed by atoms with E-state index < -0.39 is 5.97 Å². The molecule has 2 heterocycles.